The summed E-state index contributed by atoms with van der Waals surface area (Å²) in [6, 6.07) is 0. The van der Waals surface area contributed by atoms with Crippen LogP contribution in [0, 0.1) is 0 Å². The Labute approximate surface area is 71.2 Å². The minimum Gasteiger partial charge on any atom is -0.122 e. The molecule has 2 atom stereocenters. The molecule has 0 amide bonds. The zero-order valence-electron chi connectivity index (χ0n) is 4.86. The summed E-state index contributed by atoms with van der Waals surface area (Å²) in [7, 11) is 0. The molecule has 0 spiro atoms. The minimum atomic E-state index is -0.828. The fraction of sp³-hybridized carbons (Fsp3) is 1.00. The molecule has 0 aliphatic heterocycles. The van der Waals surface area contributed by atoms with E-state index in [0.717, 1.165) is 12.8 Å². The monoisotopic (exact) mass is 204 g/mol. The van der Waals surface area contributed by atoms with Crippen LogP contribution in [0.3, 0.4) is 0 Å². The van der Waals surface area contributed by atoms with Gasteiger partial charge in [-0.05, 0) is 12.8 Å². The highest BCUT2D eigenvalue weighted by Gasteiger charge is 2.30. The molecule has 0 aromatic heterocycles. The molecule has 0 aromatic rings. The average Bonchev–Trinajstić information content (AvgIpc) is 2.13. The van der Waals surface area contributed by atoms with E-state index in [4.69, 9.17) is 34.1 Å². The van der Waals surface area contributed by atoms with Gasteiger partial charge in [-0.25, -0.2) is 0 Å². The molecule has 1 saturated carbocycles. The standard InChI is InChI=1S/C5H8Cl3P/c6-4-2-1-3-5(4)9(7)8/h4-5H,1-3H2/t4-,5+/m1/s1. The first kappa shape index (κ1) is 8.40. The summed E-state index contributed by atoms with van der Waals surface area (Å²) in [4.78, 5) is 0. The molecule has 1 aliphatic rings. The summed E-state index contributed by atoms with van der Waals surface area (Å²) in [5.41, 5.74) is 0.394. The van der Waals surface area contributed by atoms with E-state index in [9.17, 15) is 0 Å². The molecule has 9 heavy (non-hydrogen) atoms. The van der Waals surface area contributed by atoms with Gasteiger partial charge in [0.05, 0.1) is 6.63 Å². The Balaban J connectivity index is 2.40. The van der Waals surface area contributed by atoms with Gasteiger partial charge in [0.1, 0.15) is 0 Å². The lowest BCUT2D eigenvalue weighted by molar-refractivity contribution is 0.888. The summed E-state index contributed by atoms with van der Waals surface area (Å²) in [6.07, 6.45) is 3.40. The van der Waals surface area contributed by atoms with Crippen LogP contribution < -0.4 is 0 Å². The lowest BCUT2D eigenvalue weighted by atomic mass is 10.4. The molecule has 54 valence electrons. The van der Waals surface area contributed by atoms with E-state index in [2.05, 4.69) is 0 Å². The van der Waals surface area contributed by atoms with Gasteiger partial charge < -0.3 is 0 Å². The van der Waals surface area contributed by atoms with Crippen LogP contribution in [0.2, 0.25) is 0 Å². The Hall–Kier alpha value is 1.30. The zero-order valence-corrected chi connectivity index (χ0v) is 8.02. The van der Waals surface area contributed by atoms with Crippen molar-refractivity contribution in [3.8, 4) is 0 Å². The lowest BCUT2D eigenvalue weighted by Gasteiger charge is -2.12. The van der Waals surface area contributed by atoms with Gasteiger partial charge in [0.25, 0.3) is 0 Å². The zero-order chi connectivity index (χ0) is 6.85. The van der Waals surface area contributed by atoms with Crippen molar-refractivity contribution in [1.29, 1.82) is 0 Å². The second-order valence-electron chi connectivity index (χ2n) is 2.27. The van der Waals surface area contributed by atoms with Gasteiger partial charge in [-0.1, -0.05) is 28.9 Å². The Bertz CT molecular complexity index is 96.2. The Morgan fingerprint density at radius 1 is 1.22 bits per heavy atom. The number of halogens is 3. The fourth-order valence-electron chi connectivity index (χ4n) is 1.12. The quantitative estimate of drug-likeness (QED) is 0.449. The first-order chi connectivity index (χ1) is 4.22. The van der Waals surface area contributed by atoms with Gasteiger partial charge in [0, 0.05) is 11.0 Å². The van der Waals surface area contributed by atoms with Gasteiger partial charge in [-0.15, -0.1) is 11.6 Å². The van der Waals surface area contributed by atoms with Gasteiger partial charge in [0.15, 0.2) is 0 Å². The van der Waals surface area contributed by atoms with Gasteiger partial charge >= 0.3 is 0 Å². The Morgan fingerprint density at radius 2 is 1.89 bits per heavy atom. The maximum Gasteiger partial charge on any atom is 0.0900 e. The number of hydrogen-bond donors (Lipinski definition) is 0. The summed E-state index contributed by atoms with van der Waals surface area (Å²) in [5, 5.41) is 0.242. The van der Waals surface area contributed by atoms with Crippen molar-refractivity contribution >= 4 is 40.7 Å². The van der Waals surface area contributed by atoms with Crippen molar-refractivity contribution in [2.45, 2.75) is 30.3 Å². The number of hydrogen-bond acceptors (Lipinski definition) is 0. The van der Waals surface area contributed by atoms with Crippen LogP contribution >= 0.6 is 40.7 Å². The SMILES string of the molecule is Cl[C@@H]1CCC[C@@H]1P(Cl)Cl. The number of rotatable bonds is 1. The first-order valence-corrected chi connectivity index (χ1v) is 6.62. The summed E-state index contributed by atoms with van der Waals surface area (Å²) >= 11 is 17.4. The molecule has 0 unspecified atom stereocenters. The van der Waals surface area contributed by atoms with Crippen LogP contribution in [0.15, 0.2) is 0 Å². The lowest BCUT2D eigenvalue weighted by Crippen LogP contribution is -2.07. The van der Waals surface area contributed by atoms with Gasteiger partial charge in [-0.2, -0.15) is 0 Å². The topological polar surface area (TPSA) is 0 Å². The first-order valence-electron chi connectivity index (χ1n) is 2.96. The Morgan fingerprint density at radius 3 is 2.11 bits per heavy atom. The van der Waals surface area contributed by atoms with E-state index >= 15 is 0 Å². The molecule has 0 N–H and O–H groups in total. The summed E-state index contributed by atoms with van der Waals surface area (Å²) in [6.45, 7) is -0.828. The highest BCUT2D eigenvalue weighted by molar-refractivity contribution is 8.04. The normalized spacial score (nSPS) is 36.0. The highest BCUT2D eigenvalue weighted by Crippen LogP contribution is 2.57. The molecule has 0 aromatic carbocycles. The predicted octanol–water partition coefficient (Wildman–Crippen LogP) is 3.94. The van der Waals surface area contributed by atoms with Crippen LogP contribution in [-0.2, 0) is 0 Å². The highest BCUT2D eigenvalue weighted by atomic mass is 35.9. The molecule has 0 nitrogen and oxygen atoms in total. The second-order valence-corrected chi connectivity index (χ2v) is 6.72. The van der Waals surface area contributed by atoms with Gasteiger partial charge in [-0.3, -0.25) is 0 Å². The van der Waals surface area contributed by atoms with Crippen LogP contribution in [0.5, 0.6) is 0 Å². The van der Waals surface area contributed by atoms with Crippen molar-refractivity contribution in [2.75, 3.05) is 0 Å². The second kappa shape index (κ2) is 3.62. The van der Waals surface area contributed by atoms with Crippen molar-refractivity contribution in [3.63, 3.8) is 0 Å². The molecule has 1 fully saturated rings. The van der Waals surface area contributed by atoms with E-state index in [-0.39, 0.29) is 5.38 Å². The van der Waals surface area contributed by atoms with E-state index in [1.807, 2.05) is 0 Å². The summed E-state index contributed by atoms with van der Waals surface area (Å²) < 4.78 is 0. The van der Waals surface area contributed by atoms with Crippen LogP contribution in [0.1, 0.15) is 19.3 Å². The number of alkyl halides is 1. The van der Waals surface area contributed by atoms with Gasteiger partial charge in [0.2, 0.25) is 0 Å². The maximum atomic E-state index is 5.92. The molecule has 0 bridgehead atoms. The minimum absolute atomic E-state index is 0.242. The van der Waals surface area contributed by atoms with Crippen LogP contribution in [-0.4, -0.2) is 11.0 Å². The smallest absolute Gasteiger partial charge is 0.0900 e. The average molecular weight is 205 g/mol. The van der Waals surface area contributed by atoms with E-state index in [0.29, 0.717) is 5.66 Å². The van der Waals surface area contributed by atoms with Crippen LogP contribution in [0.4, 0.5) is 0 Å². The molecule has 1 rings (SSSR count). The third kappa shape index (κ3) is 2.12. The molecular formula is C5H8Cl3P. The fourth-order valence-corrected chi connectivity index (χ4v) is 4.25. The molecular weight excluding hydrogens is 197 g/mol. The largest absolute Gasteiger partial charge is 0.122 e. The maximum absolute atomic E-state index is 5.92. The van der Waals surface area contributed by atoms with E-state index < -0.39 is 6.63 Å². The molecule has 1 aliphatic carbocycles. The molecule has 0 radical (unpaired) electrons. The third-order valence-corrected chi connectivity index (χ3v) is 4.97. The van der Waals surface area contributed by atoms with Crippen molar-refractivity contribution in [3.05, 3.63) is 0 Å². The van der Waals surface area contributed by atoms with Crippen molar-refractivity contribution < 1.29 is 0 Å². The van der Waals surface area contributed by atoms with E-state index in [1.165, 1.54) is 6.42 Å². The molecule has 0 heterocycles. The Kier molecular flexibility index (Phi) is 3.38. The third-order valence-electron chi connectivity index (χ3n) is 1.65. The van der Waals surface area contributed by atoms with Crippen molar-refractivity contribution in [2.24, 2.45) is 0 Å². The van der Waals surface area contributed by atoms with Crippen molar-refractivity contribution in [1.82, 2.24) is 0 Å². The molecule has 4 heteroatoms. The van der Waals surface area contributed by atoms with Crippen LogP contribution in [0.25, 0.3) is 0 Å². The molecule has 0 saturated heterocycles. The van der Waals surface area contributed by atoms with E-state index in [1.54, 1.807) is 0 Å². The predicted molar refractivity (Wildman–Crippen MR) is 45.9 cm³/mol. The summed E-state index contributed by atoms with van der Waals surface area (Å²) in [5.74, 6) is 0.